The molecule has 1 saturated heterocycles. The lowest BCUT2D eigenvalue weighted by molar-refractivity contribution is -0.138. The number of rotatable bonds is 5. The molecular formula is C23H19N3O3. The minimum Gasteiger partial charge on any atom is -0.323 e. The van der Waals surface area contributed by atoms with Crippen molar-refractivity contribution in [3.05, 3.63) is 102 Å². The number of amides is 4. The molecule has 0 saturated carbocycles. The van der Waals surface area contributed by atoms with E-state index in [1.807, 2.05) is 36.4 Å². The van der Waals surface area contributed by atoms with Crippen LogP contribution < -0.4 is 10.6 Å². The first-order valence-corrected chi connectivity index (χ1v) is 9.21. The molecule has 0 radical (unpaired) electrons. The second-order valence-corrected chi connectivity index (χ2v) is 6.73. The Kier molecular flexibility index (Phi) is 4.83. The summed E-state index contributed by atoms with van der Waals surface area (Å²) >= 11 is 0. The zero-order valence-electron chi connectivity index (χ0n) is 15.5. The Bertz CT molecular complexity index is 1040. The molecule has 1 atom stereocenters. The second kappa shape index (κ2) is 7.59. The molecule has 1 unspecified atom stereocenters. The molecule has 144 valence electrons. The zero-order chi connectivity index (χ0) is 20.3. The van der Waals surface area contributed by atoms with Crippen LogP contribution in [0.4, 0.5) is 10.5 Å². The lowest BCUT2D eigenvalue weighted by Gasteiger charge is -2.34. The number of nitrogens with one attached hydrogen (secondary N) is 2. The van der Waals surface area contributed by atoms with Crippen molar-refractivity contribution in [1.29, 1.82) is 0 Å². The number of carbonyl (C=O) groups excluding carboxylic acids is 3. The summed E-state index contributed by atoms with van der Waals surface area (Å²) in [6.45, 7) is 0.107. The van der Waals surface area contributed by atoms with Gasteiger partial charge in [-0.05, 0) is 23.3 Å². The van der Waals surface area contributed by atoms with E-state index < -0.39 is 23.4 Å². The van der Waals surface area contributed by atoms with Crippen LogP contribution in [-0.4, -0.2) is 22.7 Å². The van der Waals surface area contributed by atoms with E-state index in [-0.39, 0.29) is 6.54 Å². The Balaban J connectivity index is 1.82. The molecule has 0 aromatic heterocycles. The SMILES string of the molecule is O=C1NC(=O)C(C(=O)Nc2ccccc2)(c2ccccc2)N1Cc1ccccc1. The third-order valence-electron chi connectivity index (χ3n) is 4.93. The molecule has 4 amide bonds. The predicted molar refractivity (Wildman–Crippen MR) is 109 cm³/mol. The molecule has 6 nitrogen and oxygen atoms in total. The van der Waals surface area contributed by atoms with Crippen molar-refractivity contribution < 1.29 is 14.4 Å². The van der Waals surface area contributed by atoms with Crippen LogP contribution in [-0.2, 0) is 21.7 Å². The summed E-state index contributed by atoms with van der Waals surface area (Å²) < 4.78 is 0. The molecule has 1 aliphatic heterocycles. The highest BCUT2D eigenvalue weighted by Crippen LogP contribution is 2.36. The average Bonchev–Trinajstić information content (AvgIpc) is 3.00. The van der Waals surface area contributed by atoms with Gasteiger partial charge in [0.1, 0.15) is 0 Å². The normalized spacial score (nSPS) is 18.4. The maximum Gasteiger partial charge on any atom is 0.326 e. The van der Waals surface area contributed by atoms with Crippen LogP contribution in [0, 0.1) is 0 Å². The van der Waals surface area contributed by atoms with E-state index in [2.05, 4.69) is 10.6 Å². The summed E-state index contributed by atoms with van der Waals surface area (Å²) in [5, 5.41) is 5.13. The number of anilines is 1. The van der Waals surface area contributed by atoms with Crippen LogP contribution in [0.1, 0.15) is 11.1 Å². The van der Waals surface area contributed by atoms with Crippen molar-refractivity contribution >= 4 is 23.5 Å². The standard InChI is InChI=1S/C23H19N3O3/c27-20(24-19-14-8-3-9-15-19)23(18-12-6-2-7-13-18)21(28)25-22(29)26(23)16-17-10-4-1-5-11-17/h1-15H,16H2,(H,24,27)(H,25,28,29). The largest absolute Gasteiger partial charge is 0.326 e. The van der Waals surface area contributed by atoms with Gasteiger partial charge in [0, 0.05) is 12.2 Å². The maximum absolute atomic E-state index is 13.5. The van der Waals surface area contributed by atoms with E-state index in [9.17, 15) is 14.4 Å². The molecule has 2 N–H and O–H groups in total. The summed E-state index contributed by atoms with van der Waals surface area (Å²) in [6, 6.07) is 26.1. The molecule has 1 fully saturated rings. The molecule has 1 aliphatic rings. The number of hydrogen-bond donors (Lipinski definition) is 2. The molecule has 4 rings (SSSR count). The highest BCUT2D eigenvalue weighted by atomic mass is 16.2. The molecule has 1 heterocycles. The van der Waals surface area contributed by atoms with Gasteiger partial charge < -0.3 is 5.32 Å². The van der Waals surface area contributed by atoms with Gasteiger partial charge in [-0.25, -0.2) is 4.79 Å². The van der Waals surface area contributed by atoms with Gasteiger partial charge in [0.25, 0.3) is 11.8 Å². The van der Waals surface area contributed by atoms with Crippen molar-refractivity contribution in [3.63, 3.8) is 0 Å². The van der Waals surface area contributed by atoms with Crippen molar-refractivity contribution in [2.75, 3.05) is 5.32 Å². The molecule has 3 aromatic carbocycles. The minimum atomic E-state index is -1.82. The van der Waals surface area contributed by atoms with E-state index in [4.69, 9.17) is 0 Å². The summed E-state index contributed by atoms with van der Waals surface area (Å²) in [6.07, 6.45) is 0. The van der Waals surface area contributed by atoms with Gasteiger partial charge >= 0.3 is 6.03 Å². The topological polar surface area (TPSA) is 78.5 Å². The van der Waals surface area contributed by atoms with Gasteiger partial charge in [0.2, 0.25) is 5.54 Å². The minimum absolute atomic E-state index is 0.107. The molecule has 6 heteroatoms. The van der Waals surface area contributed by atoms with Crippen molar-refractivity contribution in [2.45, 2.75) is 12.1 Å². The first kappa shape index (κ1) is 18.4. The van der Waals surface area contributed by atoms with E-state index >= 15 is 0 Å². The van der Waals surface area contributed by atoms with Crippen molar-refractivity contribution in [2.24, 2.45) is 0 Å². The summed E-state index contributed by atoms with van der Waals surface area (Å²) in [5.41, 5.74) is -0.0400. The van der Waals surface area contributed by atoms with Gasteiger partial charge in [-0.15, -0.1) is 0 Å². The van der Waals surface area contributed by atoms with Crippen LogP contribution in [0.5, 0.6) is 0 Å². The lowest BCUT2D eigenvalue weighted by Crippen LogP contribution is -2.55. The van der Waals surface area contributed by atoms with Crippen LogP contribution in [0.15, 0.2) is 91.0 Å². The van der Waals surface area contributed by atoms with Crippen LogP contribution in [0.25, 0.3) is 0 Å². The maximum atomic E-state index is 13.5. The molecular weight excluding hydrogens is 366 g/mol. The molecule has 3 aromatic rings. The molecule has 0 bridgehead atoms. The highest BCUT2D eigenvalue weighted by molar-refractivity contribution is 6.23. The molecule has 29 heavy (non-hydrogen) atoms. The van der Waals surface area contributed by atoms with Crippen LogP contribution >= 0.6 is 0 Å². The highest BCUT2D eigenvalue weighted by Gasteiger charge is 2.59. The quantitative estimate of drug-likeness (QED) is 0.523. The third kappa shape index (κ3) is 3.25. The Morgan fingerprint density at radius 3 is 2.00 bits per heavy atom. The van der Waals surface area contributed by atoms with Gasteiger partial charge in [-0.1, -0.05) is 78.9 Å². The van der Waals surface area contributed by atoms with Gasteiger partial charge in [0.05, 0.1) is 0 Å². The predicted octanol–water partition coefficient (Wildman–Crippen LogP) is 3.27. The summed E-state index contributed by atoms with van der Waals surface area (Å²) in [5.74, 6) is -1.26. The summed E-state index contributed by atoms with van der Waals surface area (Å²) in [7, 11) is 0. The first-order valence-electron chi connectivity index (χ1n) is 9.21. The summed E-state index contributed by atoms with van der Waals surface area (Å²) in [4.78, 5) is 40.7. The number of nitrogens with zero attached hydrogens (tertiary/aromatic N) is 1. The zero-order valence-corrected chi connectivity index (χ0v) is 15.5. The van der Waals surface area contributed by atoms with Gasteiger partial charge in [-0.3, -0.25) is 19.8 Å². The fourth-order valence-corrected chi connectivity index (χ4v) is 3.55. The number of imide groups is 1. The fourth-order valence-electron chi connectivity index (χ4n) is 3.55. The molecule has 0 aliphatic carbocycles. The van der Waals surface area contributed by atoms with E-state index in [0.29, 0.717) is 11.3 Å². The lowest BCUT2D eigenvalue weighted by atomic mass is 9.86. The molecule has 0 spiro atoms. The number of carbonyl (C=O) groups is 3. The fraction of sp³-hybridized carbons (Fsp3) is 0.0870. The van der Waals surface area contributed by atoms with E-state index in [1.165, 1.54) is 4.90 Å². The van der Waals surface area contributed by atoms with Gasteiger partial charge in [0.15, 0.2) is 0 Å². The Labute approximate surface area is 168 Å². The van der Waals surface area contributed by atoms with Crippen LogP contribution in [0.3, 0.4) is 0 Å². The second-order valence-electron chi connectivity index (χ2n) is 6.73. The van der Waals surface area contributed by atoms with Gasteiger partial charge in [-0.2, -0.15) is 0 Å². The Morgan fingerprint density at radius 1 is 0.828 bits per heavy atom. The van der Waals surface area contributed by atoms with E-state index in [0.717, 1.165) is 5.56 Å². The average molecular weight is 385 g/mol. The number of para-hydroxylation sites is 1. The van der Waals surface area contributed by atoms with Crippen molar-refractivity contribution in [1.82, 2.24) is 10.2 Å². The number of hydrogen-bond acceptors (Lipinski definition) is 3. The first-order chi connectivity index (χ1) is 14.1. The monoisotopic (exact) mass is 385 g/mol. The smallest absolute Gasteiger partial charge is 0.323 e. The van der Waals surface area contributed by atoms with Crippen LogP contribution in [0.2, 0.25) is 0 Å². The van der Waals surface area contributed by atoms with Crippen molar-refractivity contribution in [3.8, 4) is 0 Å². The van der Waals surface area contributed by atoms with E-state index in [1.54, 1.807) is 54.6 Å². The third-order valence-corrected chi connectivity index (χ3v) is 4.93. The Morgan fingerprint density at radius 2 is 1.38 bits per heavy atom. The Hall–Kier alpha value is -3.93. The number of urea groups is 1. The number of benzene rings is 3.